The summed E-state index contributed by atoms with van der Waals surface area (Å²) < 4.78 is 0. The van der Waals surface area contributed by atoms with E-state index in [0.717, 1.165) is 16.6 Å². The van der Waals surface area contributed by atoms with Crippen LogP contribution in [0.1, 0.15) is 0 Å². The topological polar surface area (TPSA) is 79.4 Å². The van der Waals surface area contributed by atoms with Gasteiger partial charge in [0, 0.05) is 17.3 Å². The molecule has 1 heterocycles. The highest BCUT2D eigenvalue weighted by molar-refractivity contribution is 6.13. The van der Waals surface area contributed by atoms with Gasteiger partial charge in [-0.3, -0.25) is 4.98 Å². The van der Waals surface area contributed by atoms with Crippen LogP contribution in [0.25, 0.3) is 10.9 Å². The molecule has 0 aliphatic carbocycles. The number of nitrogens with two attached hydrogens (primary N) is 1. The summed E-state index contributed by atoms with van der Waals surface area (Å²) in [4.78, 5) is 4.17. The van der Waals surface area contributed by atoms with E-state index in [4.69, 9.17) is 15.8 Å². The first kappa shape index (κ1) is 10.5. The van der Waals surface area contributed by atoms with Gasteiger partial charge in [-0.15, -0.1) is 0 Å². The minimum absolute atomic E-state index is 0.750. The van der Waals surface area contributed by atoms with E-state index in [1.807, 2.05) is 30.3 Å². The summed E-state index contributed by atoms with van der Waals surface area (Å²) in [5.41, 5.74) is 7.37. The normalized spacial score (nSPS) is 9.00. The van der Waals surface area contributed by atoms with Gasteiger partial charge in [0.25, 0.3) is 0 Å². The number of rotatable bonds is 0. The standard InChI is InChI=1S/C9H8N2.BH3O2/c10-8-3-4-9-7(6-8)2-1-5-11-9;2-1-3/h1-6H,10H2;1-3H. The van der Waals surface area contributed by atoms with Crippen molar-refractivity contribution in [1.82, 2.24) is 4.98 Å². The molecule has 14 heavy (non-hydrogen) atoms. The van der Waals surface area contributed by atoms with Crippen LogP contribution in [0, 0.1) is 0 Å². The first-order valence-corrected chi connectivity index (χ1v) is 4.10. The Balaban J connectivity index is 0.000000293. The summed E-state index contributed by atoms with van der Waals surface area (Å²) in [6.45, 7) is 0. The van der Waals surface area contributed by atoms with Crippen LogP contribution >= 0.6 is 0 Å². The molecule has 0 radical (unpaired) electrons. The third-order valence-corrected chi connectivity index (χ3v) is 1.63. The zero-order chi connectivity index (χ0) is 10.4. The first-order valence-electron chi connectivity index (χ1n) is 4.10. The van der Waals surface area contributed by atoms with Crippen LogP contribution in [0.15, 0.2) is 36.5 Å². The Bertz CT molecular complexity index is 409. The van der Waals surface area contributed by atoms with Gasteiger partial charge in [0.05, 0.1) is 5.52 Å². The predicted octanol–water partition coefficient (Wildman–Crippen LogP) is 0.0545. The van der Waals surface area contributed by atoms with Gasteiger partial charge >= 0.3 is 7.69 Å². The lowest BCUT2D eigenvalue weighted by atomic mass is 10.2. The molecule has 0 spiro atoms. The average Bonchev–Trinajstić information content (AvgIpc) is 2.19. The van der Waals surface area contributed by atoms with E-state index < -0.39 is 7.69 Å². The van der Waals surface area contributed by atoms with Crippen LogP contribution in [0.3, 0.4) is 0 Å². The number of anilines is 1. The Morgan fingerprint density at radius 2 is 1.93 bits per heavy atom. The Morgan fingerprint density at radius 1 is 1.21 bits per heavy atom. The second-order valence-corrected chi connectivity index (χ2v) is 2.60. The molecule has 0 aliphatic rings. The lowest BCUT2D eigenvalue weighted by molar-refractivity contribution is 0.448. The molecule has 0 fully saturated rings. The smallest absolute Gasteiger partial charge is 0.430 e. The van der Waals surface area contributed by atoms with Crippen LogP contribution in [-0.4, -0.2) is 22.7 Å². The van der Waals surface area contributed by atoms with E-state index in [9.17, 15) is 0 Å². The third kappa shape index (κ3) is 2.72. The zero-order valence-electron chi connectivity index (χ0n) is 7.59. The minimum atomic E-state index is -0.750. The monoisotopic (exact) mass is 190 g/mol. The van der Waals surface area contributed by atoms with E-state index in [1.165, 1.54) is 0 Å². The van der Waals surface area contributed by atoms with Crippen molar-refractivity contribution in [1.29, 1.82) is 0 Å². The number of hydrogen-bond acceptors (Lipinski definition) is 4. The highest BCUT2D eigenvalue weighted by atomic mass is 16.4. The van der Waals surface area contributed by atoms with Crippen molar-refractivity contribution in [2.45, 2.75) is 0 Å². The largest absolute Gasteiger partial charge is 0.432 e. The van der Waals surface area contributed by atoms with Gasteiger partial charge in [-0.2, -0.15) is 0 Å². The molecule has 4 nitrogen and oxygen atoms in total. The number of hydrogen-bond donors (Lipinski definition) is 3. The number of nitrogen functional groups attached to an aromatic ring is 1. The molecule has 0 atom stereocenters. The molecular weight excluding hydrogens is 179 g/mol. The maximum Gasteiger partial charge on any atom is 0.432 e. The summed E-state index contributed by atoms with van der Waals surface area (Å²) in [5.74, 6) is 0. The molecule has 1 aromatic heterocycles. The SMILES string of the molecule is Nc1ccc2ncccc2c1.OBO. The fourth-order valence-corrected chi connectivity index (χ4v) is 1.09. The molecule has 2 rings (SSSR count). The van der Waals surface area contributed by atoms with E-state index in [-0.39, 0.29) is 0 Å². The van der Waals surface area contributed by atoms with E-state index in [1.54, 1.807) is 6.20 Å². The molecule has 0 aliphatic heterocycles. The zero-order valence-corrected chi connectivity index (χ0v) is 7.59. The van der Waals surface area contributed by atoms with Crippen molar-refractivity contribution in [3.05, 3.63) is 36.5 Å². The van der Waals surface area contributed by atoms with Gasteiger partial charge in [-0.05, 0) is 24.3 Å². The van der Waals surface area contributed by atoms with Crippen molar-refractivity contribution in [3.8, 4) is 0 Å². The summed E-state index contributed by atoms with van der Waals surface area (Å²) in [6.07, 6.45) is 1.78. The maximum absolute atomic E-state index is 7.12. The van der Waals surface area contributed by atoms with Crippen molar-refractivity contribution < 1.29 is 10.0 Å². The third-order valence-electron chi connectivity index (χ3n) is 1.63. The molecule has 5 heteroatoms. The first-order chi connectivity index (χ1) is 6.77. The molecule has 1 aromatic carbocycles. The molecule has 0 saturated heterocycles. The highest BCUT2D eigenvalue weighted by Gasteiger charge is 1.91. The second kappa shape index (κ2) is 5.21. The Hall–Kier alpha value is -1.59. The molecule has 72 valence electrons. The van der Waals surface area contributed by atoms with Gasteiger partial charge in [0.15, 0.2) is 0 Å². The van der Waals surface area contributed by atoms with Crippen LogP contribution in [-0.2, 0) is 0 Å². The van der Waals surface area contributed by atoms with Gasteiger partial charge in [-0.25, -0.2) is 0 Å². The molecule has 4 N–H and O–H groups in total. The molecular formula is C9H11BN2O2. The van der Waals surface area contributed by atoms with Crippen molar-refractivity contribution in [2.24, 2.45) is 0 Å². The fraction of sp³-hybridized carbons (Fsp3) is 0. The van der Waals surface area contributed by atoms with Crippen molar-refractivity contribution >= 4 is 24.3 Å². The Kier molecular flexibility index (Phi) is 3.91. The lowest BCUT2D eigenvalue weighted by Crippen LogP contribution is -1.84. The van der Waals surface area contributed by atoms with Gasteiger partial charge in [0.1, 0.15) is 0 Å². The number of fused-ring (bicyclic) bond motifs is 1. The van der Waals surface area contributed by atoms with Gasteiger partial charge in [0.2, 0.25) is 0 Å². The number of nitrogens with zero attached hydrogens (tertiary/aromatic N) is 1. The summed E-state index contributed by atoms with van der Waals surface area (Å²) in [6, 6.07) is 9.60. The second-order valence-electron chi connectivity index (χ2n) is 2.60. The predicted molar refractivity (Wildman–Crippen MR) is 57.7 cm³/mol. The number of aromatic nitrogens is 1. The molecule has 0 unspecified atom stereocenters. The fourth-order valence-electron chi connectivity index (χ4n) is 1.09. The van der Waals surface area contributed by atoms with Gasteiger partial charge in [-0.1, -0.05) is 6.07 Å². The van der Waals surface area contributed by atoms with Crippen LogP contribution in [0.2, 0.25) is 0 Å². The minimum Gasteiger partial charge on any atom is -0.430 e. The van der Waals surface area contributed by atoms with Crippen LogP contribution in [0.5, 0.6) is 0 Å². The highest BCUT2D eigenvalue weighted by Crippen LogP contribution is 2.13. The Morgan fingerprint density at radius 3 is 2.64 bits per heavy atom. The molecule has 0 saturated carbocycles. The van der Waals surface area contributed by atoms with Crippen molar-refractivity contribution in [3.63, 3.8) is 0 Å². The van der Waals surface area contributed by atoms with Gasteiger partial charge < -0.3 is 15.8 Å². The van der Waals surface area contributed by atoms with Crippen molar-refractivity contribution in [2.75, 3.05) is 5.73 Å². The quantitative estimate of drug-likeness (QED) is 0.405. The van der Waals surface area contributed by atoms with Crippen LogP contribution in [0.4, 0.5) is 5.69 Å². The Labute approximate surface area is 82.3 Å². The number of pyridine rings is 1. The van der Waals surface area contributed by atoms with Crippen LogP contribution < -0.4 is 5.73 Å². The lowest BCUT2D eigenvalue weighted by Gasteiger charge is -1.96. The number of benzene rings is 1. The summed E-state index contributed by atoms with van der Waals surface area (Å²) in [7, 11) is -0.750. The molecule has 0 bridgehead atoms. The average molecular weight is 190 g/mol. The summed E-state index contributed by atoms with van der Waals surface area (Å²) >= 11 is 0. The summed E-state index contributed by atoms with van der Waals surface area (Å²) in [5, 5.41) is 15.3. The van der Waals surface area contributed by atoms with E-state index in [2.05, 4.69) is 4.98 Å². The maximum atomic E-state index is 7.12. The van der Waals surface area contributed by atoms with E-state index >= 15 is 0 Å². The van der Waals surface area contributed by atoms with E-state index in [0.29, 0.717) is 0 Å². The molecule has 0 amide bonds. The molecule has 2 aromatic rings.